The van der Waals surface area contributed by atoms with Gasteiger partial charge in [0.15, 0.2) is 5.76 Å². The van der Waals surface area contributed by atoms with Gasteiger partial charge in [-0.1, -0.05) is 24.3 Å². The van der Waals surface area contributed by atoms with Crippen LogP contribution in [0.3, 0.4) is 0 Å². The molecule has 0 saturated carbocycles. The van der Waals surface area contributed by atoms with Gasteiger partial charge in [-0.2, -0.15) is 19.5 Å². The van der Waals surface area contributed by atoms with Crippen molar-refractivity contribution >= 4 is 17.7 Å². The van der Waals surface area contributed by atoms with Gasteiger partial charge < -0.3 is 20.4 Å². The van der Waals surface area contributed by atoms with Crippen LogP contribution in [0, 0.1) is 0 Å². The molecule has 0 saturated heterocycles. The summed E-state index contributed by atoms with van der Waals surface area (Å²) in [5, 5.41) is 7.48. The number of nitrogens with two attached hydrogens (primary N) is 1. The minimum atomic E-state index is 0.214. The number of hydrogen-bond donors (Lipinski definition) is 2. The summed E-state index contributed by atoms with van der Waals surface area (Å²) >= 11 is 0. The topological polar surface area (TPSA) is 110 Å². The van der Waals surface area contributed by atoms with E-state index < -0.39 is 0 Å². The number of furan rings is 1. The predicted octanol–water partition coefficient (Wildman–Crippen LogP) is 2.08. The zero-order valence-corrected chi connectivity index (χ0v) is 15.8. The molecule has 0 aliphatic heterocycles. The predicted molar refractivity (Wildman–Crippen MR) is 107 cm³/mol. The van der Waals surface area contributed by atoms with Crippen molar-refractivity contribution in [3.8, 4) is 11.6 Å². The summed E-state index contributed by atoms with van der Waals surface area (Å²) in [6.07, 6.45) is 2.41. The molecule has 4 rings (SSSR count). The lowest BCUT2D eigenvalue weighted by Gasteiger charge is -2.10. The number of benzene rings is 1. The van der Waals surface area contributed by atoms with E-state index in [-0.39, 0.29) is 5.95 Å². The smallest absolute Gasteiger partial charge is 0.259 e. The molecule has 0 spiro atoms. The lowest BCUT2D eigenvalue weighted by Crippen LogP contribution is -2.12. The van der Waals surface area contributed by atoms with E-state index in [1.807, 2.05) is 0 Å². The van der Waals surface area contributed by atoms with Gasteiger partial charge in [-0.3, -0.25) is 0 Å². The second-order valence-electron chi connectivity index (χ2n) is 6.76. The molecule has 0 bridgehead atoms. The fraction of sp³-hybridized carbons (Fsp3) is 0.263. The lowest BCUT2D eigenvalue weighted by molar-refractivity contribution is 0.402. The number of hydrogen-bond acceptors (Lipinski definition) is 8. The number of aromatic nitrogens is 5. The van der Waals surface area contributed by atoms with Gasteiger partial charge in [0.2, 0.25) is 17.7 Å². The van der Waals surface area contributed by atoms with Crippen LogP contribution in [0.5, 0.6) is 0 Å². The highest BCUT2D eigenvalue weighted by Crippen LogP contribution is 2.17. The Morgan fingerprint density at radius 1 is 1.07 bits per heavy atom. The summed E-state index contributed by atoms with van der Waals surface area (Å²) in [7, 11) is 4.13. The SMILES string of the molecule is CN(C)Cc1ccc(CCNc2nc(N)n3nc(-c4ccco4)nc3n2)cc1. The molecule has 4 aromatic rings. The summed E-state index contributed by atoms with van der Waals surface area (Å²) < 4.78 is 6.71. The number of fused-ring (bicyclic) bond motifs is 1. The molecule has 0 radical (unpaired) electrons. The van der Waals surface area contributed by atoms with E-state index in [2.05, 4.69) is 68.6 Å². The third kappa shape index (κ3) is 3.94. The summed E-state index contributed by atoms with van der Waals surface area (Å²) in [4.78, 5) is 15.1. The molecule has 9 heteroatoms. The first-order valence-corrected chi connectivity index (χ1v) is 8.99. The molecule has 144 valence electrons. The maximum atomic E-state index is 6.00. The highest BCUT2D eigenvalue weighted by molar-refractivity contribution is 5.52. The Morgan fingerprint density at radius 3 is 2.57 bits per heavy atom. The Labute approximate surface area is 162 Å². The van der Waals surface area contributed by atoms with Crippen molar-refractivity contribution in [2.45, 2.75) is 13.0 Å². The van der Waals surface area contributed by atoms with Gasteiger partial charge in [0, 0.05) is 13.1 Å². The Kier molecular flexibility index (Phi) is 4.90. The fourth-order valence-electron chi connectivity index (χ4n) is 2.89. The van der Waals surface area contributed by atoms with E-state index in [1.165, 1.54) is 15.6 Å². The van der Waals surface area contributed by atoms with Gasteiger partial charge in [0.05, 0.1) is 6.26 Å². The van der Waals surface area contributed by atoms with Crippen molar-refractivity contribution < 1.29 is 4.42 Å². The van der Waals surface area contributed by atoms with Gasteiger partial charge in [-0.15, -0.1) is 5.10 Å². The number of rotatable bonds is 7. The number of nitrogens with one attached hydrogen (secondary N) is 1. The molecule has 0 unspecified atom stereocenters. The van der Waals surface area contributed by atoms with Crippen LogP contribution in [0.25, 0.3) is 17.4 Å². The third-order valence-electron chi connectivity index (χ3n) is 4.19. The average Bonchev–Trinajstić information content (AvgIpc) is 3.32. The van der Waals surface area contributed by atoms with Crippen LogP contribution >= 0.6 is 0 Å². The van der Waals surface area contributed by atoms with Gasteiger partial charge >= 0.3 is 0 Å². The van der Waals surface area contributed by atoms with Crippen LogP contribution < -0.4 is 11.1 Å². The average molecular weight is 378 g/mol. The Morgan fingerprint density at radius 2 is 1.86 bits per heavy atom. The summed E-state index contributed by atoms with van der Waals surface area (Å²) in [5.74, 6) is 1.98. The van der Waals surface area contributed by atoms with Crippen molar-refractivity contribution in [1.29, 1.82) is 0 Å². The fourth-order valence-corrected chi connectivity index (χ4v) is 2.89. The monoisotopic (exact) mass is 378 g/mol. The molecule has 0 fully saturated rings. The first kappa shape index (κ1) is 17.9. The molecule has 3 heterocycles. The zero-order valence-electron chi connectivity index (χ0n) is 15.8. The van der Waals surface area contributed by atoms with Crippen molar-refractivity contribution in [1.82, 2.24) is 29.5 Å². The molecule has 28 heavy (non-hydrogen) atoms. The Hall–Kier alpha value is -3.46. The molecule has 0 amide bonds. The zero-order chi connectivity index (χ0) is 19.5. The van der Waals surface area contributed by atoms with Crippen molar-refractivity contribution in [3.63, 3.8) is 0 Å². The third-order valence-corrected chi connectivity index (χ3v) is 4.19. The molecule has 1 aromatic carbocycles. The van der Waals surface area contributed by atoms with Gasteiger partial charge in [0.25, 0.3) is 5.78 Å². The van der Waals surface area contributed by atoms with Crippen LogP contribution in [0.15, 0.2) is 47.1 Å². The highest BCUT2D eigenvalue weighted by atomic mass is 16.3. The lowest BCUT2D eigenvalue weighted by atomic mass is 10.1. The van der Waals surface area contributed by atoms with Gasteiger partial charge in [-0.05, 0) is 43.8 Å². The quantitative estimate of drug-likeness (QED) is 0.503. The number of anilines is 2. The summed E-state index contributed by atoms with van der Waals surface area (Å²) in [6.45, 7) is 1.62. The number of nitrogens with zero attached hydrogens (tertiary/aromatic N) is 6. The first-order valence-electron chi connectivity index (χ1n) is 8.99. The highest BCUT2D eigenvalue weighted by Gasteiger charge is 2.13. The molecule has 0 atom stereocenters. The maximum absolute atomic E-state index is 6.00. The Bertz CT molecular complexity index is 1050. The first-order chi connectivity index (χ1) is 13.6. The van der Waals surface area contributed by atoms with E-state index in [9.17, 15) is 0 Å². The van der Waals surface area contributed by atoms with E-state index >= 15 is 0 Å². The molecule has 9 nitrogen and oxygen atoms in total. The van der Waals surface area contributed by atoms with Gasteiger partial charge in [-0.25, -0.2) is 0 Å². The minimum Gasteiger partial charge on any atom is -0.461 e. The largest absolute Gasteiger partial charge is 0.461 e. The van der Waals surface area contributed by atoms with Crippen molar-refractivity contribution in [3.05, 3.63) is 53.8 Å². The summed E-state index contributed by atoms with van der Waals surface area (Å²) in [5.41, 5.74) is 8.53. The summed E-state index contributed by atoms with van der Waals surface area (Å²) in [6, 6.07) is 12.2. The van der Waals surface area contributed by atoms with E-state index in [0.29, 0.717) is 29.9 Å². The second kappa shape index (κ2) is 7.65. The molecule has 3 N–H and O–H groups in total. The van der Waals surface area contributed by atoms with Crippen LogP contribution in [-0.4, -0.2) is 50.1 Å². The van der Waals surface area contributed by atoms with E-state index in [4.69, 9.17) is 10.2 Å². The van der Waals surface area contributed by atoms with Crippen molar-refractivity contribution in [2.24, 2.45) is 0 Å². The maximum Gasteiger partial charge on any atom is 0.259 e. The minimum absolute atomic E-state index is 0.214. The van der Waals surface area contributed by atoms with Gasteiger partial charge in [0.1, 0.15) is 0 Å². The Balaban J connectivity index is 1.42. The van der Waals surface area contributed by atoms with Crippen LogP contribution in [0.4, 0.5) is 11.9 Å². The van der Waals surface area contributed by atoms with Crippen LogP contribution in [0.2, 0.25) is 0 Å². The van der Waals surface area contributed by atoms with Crippen LogP contribution in [0.1, 0.15) is 11.1 Å². The normalized spacial score (nSPS) is 11.4. The second-order valence-corrected chi connectivity index (χ2v) is 6.76. The standard InChI is InChI=1S/C19H22N8O/c1-26(2)12-14-7-5-13(6-8-14)9-10-21-18-23-17(20)27-19(24-18)22-16(25-27)15-4-3-11-28-15/h3-8,11H,9-10,12H2,1-2H3,(H3,20,21,22,23,24,25). The molecule has 0 aliphatic rings. The number of nitrogen functional groups attached to an aromatic ring is 1. The molecular formula is C19H22N8O. The molecule has 0 aliphatic carbocycles. The van der Waals surface area contributed by atoms with Crippen molar-refractivity contribution in [2.75, 3.05) is 31.7 Å². The van der Waals surface area contributed by atoms with Crippen LogP contribution in [-0.2, 0) is 13.0 Å². The van der Waals surface area contributed by atoms with E-state index in [0.717, 1.165) is 13.0 Å². The van der Waals surface area contributed by atoms with E-state index in [1.54, 1.807) is 18.4 Å². The molecule has 3 aromatic heterocycles. The molecular weight excluding hydrogens is 356 g/mol.